The molecule has 0 amide bonds. The highest BCUT2D eigenvalue weighted by Gasteiger charge is 2.44. The first kappa shape index (κ1) is 38.5. The monoisotopic (exact) mass is 1230 g/mol. The molecule has 0 unspecified atom stereocenters. The zero-order valence-electron chi connectivity index (χ0n) is 72.8. The summed E-state index contributed by atoms with van der Waals surface area (Å²) in [6.07, 6.45) is 7.09. The predicted octanol–water partition coefficient (Wildman–Crippen LogP) is 18.6. The van der Waals surface area contributed by atoms with Crippen molar-refractivity contribution < 1.29 is 38.1 Å². The Hall–Kier alpha value is -10.1. The second-order valence-corrected chi connectivity index (χ2v) is 30.0. The molecule has 0 atom stereocenters. The lowest BCUT2D eigenvalue weighted by Crippen LogP contribution is -2.74. The van der Waals surface area contributed by atoms with Crippen LogP contribution in [0.25, 0.3) is 94.5 Å². The second-order valence-electron chi connectivity index (χ2n) is 26.4. The van der Waals surface area contributed by atoms with Crippen molar-refractivity contribution in [2.24, 2.45) is 0 Å². The lowest BCUT2D eigenvalue weighted by molar-refractivity contribution is -0.570. The Labute approximate surface area is 571 Å². The van der Waals surface area contributed by atoms with E-state index in [4.69, 9.17) is 13.8 Å². The van der Waals surface area contributed by atoms with Crippen molar-refractivity contribution in [3.05, 3.63) is 295 Å². The SMILES string of the molecule is [2H]c1c([2H])c([2H])c([Si](c2cc3c4c(c2)n(-c2cccc(Oc5ccc6c7ccccc7n(-c7cc(C(C)(C)C)ccn7)c6c5)c2)[c-][n+]4-c2c(cccc2-c2c(C([2H])([2H])[2H])cccc2C([2H])([2H])[2H])-c2cc4c(cc2-c2ccccc2-3)C(C)(C)CCC4(C)C)(c2c([2H])c([2H])c([2H])c([2H])c2[2H])c2c([2H])c([2H])c([2H])c([2H])c2[2H])c([2H])c1[2H]. The van der Waals surface area contributed by atoms with E-state index in [1.807, 2.05) is 72.8 Å². The fraction of sp³-hybridized carbons (Fsp3) is 0.163. The number of nitrogens with zero attached hydrogens (tertiary/aromatic N) is 4. The van der Waals surface area contributed by atoms with Gasteiger partial charge in [-0.05, 0) is 190 Å². The van der Waals surface area contributed by atoms with Gasteiger partial charge in [0.25, 0.3) is 6.33 Å². The van der Waals surface area contributed by atoms with Gasteiger partial charge in [-0.15, -0.1) is 0 Å². The van der Waals surface area contributed by atoms with Gasteiger partial charge >= 0.3 is 0 Å². The van der Waals surface area contributed by atoms with Gasteiger partial charge in [0.2, 0.25) is 0 Å². The van der Waals surface area contributed by atoms with Crippen LogP contribution < -0.4 is 30.1 Å². The minimum absolute atomic E-state index is 0.0813. The van der Waals surface area contributed by atoms with Gasteiger partial charge in [-0.3, -0.25) is 13.7 Å². The molecule has 4 heterocycles. The van der Waals surface area contributed by atoms with Crippen LogP contribution in [0.1, 0.15) is 118 Å². The van der Waals surface area contributed by atoms with Gasteiger partial charge in [-0.25, -0.2) is 4.98 Å². The topological polar surface area (TPSA) is 35.9 Å². The maximum Gasteiger partial charge on any atom is 0.269 e. The number of hydrogen-bond acceptors (Lipinski definition) is 2. The maximum absolute atomic E-state index is 10.2. The fourth-order valence-corrected chi connectivity index (χ4v) is 18.1. The Balaban J connectivity index is 1.12. The predicted molar refractivity (Wildman–Crippen MR) is 385 cm³/mol. The summed E-state index contributed by atoms with van der Waals surface area (Å²) < 4.78 is 214. The molecule has 5 nitrogen and oxygen atoms in total. The van der Waals surface area contributed by atoms with Crippen LogP contribution in [-0.4, -0.2) is 22.2 Å². The number of imidazole rings is 1. The van der Waals surface area contributed by atoms with Crippen LogP contribution in [0.5, 0.6) is 11.5 Å². The van der Waals surface area contributed by atoms with Gasteiger partial charge < -0.3 is 4.74 Å². The number of aromatic nitrogens is 4. The number of para-hydroxylation sites is 2. The normalized spacial score (nSPS) is 17.5. The molecule has 1 aliphatic carbocycles. The van der Waals surface area contributed by atoms with Crippen molar-refractivity contribution in [3.63, 3.8) is 0 Å². The summed E-state index contributed by atoms with van der Waals surface area (Å²) in [7, 11) is -5.99. The molecule has 16 rings (SSSR count). The molecular weight excluding hydrogens is 1130 g/mol. The molecule has 0 saturated heterocycles. The van der Waals surface area contributed by atoms with Crippen LogP contribution >= 0.6 is 0 Å². The van der Waals surface area contributed by atoms with E-state index in [1.165, 1.54) is 24.3 Å². The van der Waals surface area contributed by atoms with Crippen molar-refractivity contribution in [2.45, 2.75) is 91.3 Å². The average molecular weight is 1230 g/mol. The van der Waals surface area contributed by atoms with E-state index in [0.29, 0.717) is 39.4 Å². The highest BCUT2D eigenvalue weighted by atomic mass is 28.3. The van der Waals surface area contributed by atoms with E-state index in [9.17, 15) is 24.7 Å². The quantitative estimate of drug-likeness (QED) is 0.0625. The molecule has 1 aliphatic heterocycles. The molecule has 14 aromatic rings. The summed E-state index contributed by atoms with van der Waals surface area (Å²) in [6, 6.07) is 35.0. The highest BCUT2D eigenvalue weighted by molar-refractivity contribution is 7.20. The van der Waals surface area contributed by atoms with E-state index in [1.54, 1.807) is 63.9 Å². The standard InChI is InChI=1S/C86H74N4OSi/c1-56-26-23-27-57(2)81(56)71-40-25-39-70-73-54-76-75(85(6,7)45-46-86(76,8)9)53-72(73)66-36-19-20-37-67(66)74-51-65(92(62-30-13-10-14-31-62,63-32-15-11-16-33-63)64-34-17-12-18-35-64)52-79-83(74)89(82(70)71)55-88(79)59-28-24-29-60(49-59)91-61-42-43-69-68-38-21-22-41-77(68)90(78(69)50-61)80-48-58(44-47-87-80)84(3,4)5/h10-44,47-54H,45-46H2,1-9H3/i1D3,2D3,10D,11D,12D,13D,14D,15D,16D,17D,18D,30D,31D,32D,33D,34D,35D. The molecule has 0 saturated carbocycles. The first-order valence-corrected chi connectivity index (χ1v) is 32.8. The van der Waals surface area contributed by atoms with Gasteiger partial charge in [0, 0.05) is 31.3 Å². The van der Waals surface area contributed by atoms with Crippen LogP contribution in [0, 0.1) is 20.0 Å². The summed E-state index contributed by atoms with van der Waals surface area (Å²) in [5, 5.41) is -0.456. The Bertz CT molecular complexity index is 6180. The molecule has 0 N–H and O–H groups in total. The summed E-state index contributed by atoms with van der Waals surface area (Å²) >= 11 is 0. The largest absolute Gasteiger partial charge is 0.458 e. The molecule has 448 valence electrons. The Morgan fingerprint density at radius 3 is 1.73 bits per heavy atom. The molecular formula is C86H74N4OSi. The Kier molecular flexibility index (Phi) is 9.00. The third-order valence-corrected chi connectivity index (χ3v) is 23.1. The smallest absolute Gasteiger partial charge is 0.269 e. The minimum atomic E-state index is -5.99. The first-order chi connectivity index (χ1) is 53.2. The van der Waals surface area contributed by atoms with Crippen LogP contribution in [0.15, 0.2) is 261 Å². The molecule has 2 aliphatic rings. The minimum Gasteiger partial charge on any atom is -0.458 e. The molecule has 3 aromatic heterocycles. The second kappa shape index (κ2) is 21.5. The van der Waals surface area contributed by atoms with Gasteiger partial charge in [-0.2, -0.15) is 0 Å². The third-order valence-electron chi connectivity index (χ3n) is 19.0. The van der Waals surface area contributed by atoms with E-state index >= 15 is 0 Å². The van der Waals surface area contributed by atoms with Crippen LogP contribution in [0.4, 0.5) is 0 Å². The molecule has 92 heavy (non-hydrogen) atoms. The number of hydrogen-bond donors (Lipinski definition) is 0. The molecule has 0 spiro atoms. The van der Waals surface area contributed by atoms with E-state index in [2.05, 4.69) is 77.6 Å². The number of rotatable bonds is 9. The average Bonchev–Trinajstić information content (AvgIpc) is 1.24. The number of benzene rings is 11. The fourth-order valence-electron chi connectivity index (χ4n) is 14.3. The van der Waals surface area contributed by atoms with E-state index in [-0.39, 0.29) is 66.6 Å². The summed E-state index contributed by atoms with van der Waals surface area (Å²) in [6.45, 7) is 9.26. The van der Waals surface area contributed by atoms with Crippen LogP contribution in [-0.2, 0) is 16.2 Å². The Morgan fingerprint density at radius 2 is 1.08 bits per heavy atom. The van der Waals surface area contributed by atoms with Crippen molar-refractivity contribution in [2.75, 3.05) is 0 Å². The maximum atomic E-state index is 10.2. The lowest BCUT2D eigenvalue weighted by atomic mass is 9.62. The summed E-state index contributed by atoms with van der Waals surface area (Å²) in [4.78, 5) is 4.90. The van der Waals surface area contributed by atoms with E-state index in [0.717, 1.165) is 51.3 Å². The van der Waals surface area contributed by atoms with Crippen molar-refractivity contribution in [3.8, 4) is 73.2 Å². The molecule has 0 bridgehead atoms. The zero-order valence-corrected chi connectivity index (χ0v) is 52.8. The van der Waals surface area contributed by atoms with Gasteiger partial charge in [0.05, 0.1) is 54.0 Å². The van der Waals surface area contributed by atoms with Crippen molar-refractivity contribution in [1.82, 2.24) is 14.1 Å². The Morgan fingerprint density at radius 1 is 0.511 bits per heavy atom. The zero-order chi connectivity index (χ0) is 80.9. The number of ether oxygens (including phenoxy) is 1. The van der Waals surface area contributed by atoms with Crippen LogP contribution in [0.2, 0.25) is 0 Å². The lowest BCUT2D eigenvalue weighted by Gasteiger charge is -2.42. The van der Waals surface area contributed by atoms with Gasteiger partial charge in [0.1, 0.15) is 17.3 Å². The number of pyridine rings is 1. The highest BCUT2D eigenvalue weighted by Crippen LogP contribution is 2.53. The molecule has 11 aromatic carbocycles. The van der Waals surface area contributed by atoms with E-state index < -0.39 is 139 Å². The molecule has 6 heteroatoms. The van der Waals surface area contributed by atoms with Gasteiger partial charge in [0.15, 0.2) is 8.07 Å². The van der Waals surface area contributed by atoms with Gasteiger partial charge in [-0.1, -0.05) is 242 Å². The third kappa shape index (κ3) is 9.08. The molecule has 0 fully saturated rings. The molecule has 0 radical (unpaired) electrons. The summed E-state index contributed by atoms with van der Waals surface area (Å²) in [5.41, 5.74) is 6.85. The first-order valence-electron chi connectivity index (χ1n) is 41.3. The van der Waals surface area contributed by atoms with Crippen molar-refractivity contribution >= 4 is 61.7 Å². The van der Waals surface area contributed by atoms with Crippen LogP contribution in [0.3, 0.4) is 0 Å². The van der Waals surface area contributed by atoms with Crippen molar-refractivity contribution in [1.29, 1.82) is 0 Å². The number of aryl methyl sites for hydroxylation is 2. The summed E-state index contributed by atoms with van der Waals surface area (Å²) in [5.74, 6) is 1.35. The number of fused-ring (bicyclic) bond motifs is 11.